The first-order valence-electron chi connectivity index (χ1n) is 8.22. The van der Waals surface area contributed by atoms with Crippen molar-refractivity contribution >= 4 is 16.7 Å². The van der Waals surface area contributed by atoms with Crippen molar-refractivity contribution in [1.82, 2.24) is 5.32 Å². The molecule has 25 heavy (non-hydrogen) atoms. The van der Waals surface area contributed by atoms with Gasteiger partial charge in [0, 0.05) is 6.54 Å². The van der Waals surface area contributed by atoms with E-state index in [1.165, 1.54) is 0 Å². The van der Waals surface area contributed by atoms with Crippen LogP contribution >= 0.6 is 0 Å². The van der Waals surface area contributed by atoms with Gasteiger partial charge < -0.3 is 15.2 Å². The fourth-order valence-corrected chi connectivity index (χ4v) is 2.77. The van der Waals surface area contributed by atoms with Gasteiger partial charge in [0.05, 0.1) is 19.6 Å². The van der Waals surface area contributed by atoms with Crippen molar-refractivity contribution in [2.45, 2.75) is 12.5 Å². The molecule has 1 unspecified atom stereocenters. The van der Waals surface area contributed by atoms with Gasteiger partial charge in [-0.15, -0.1) is 0 Å². The van der Waals surface area contributed by atoms with Crippen LogP contribution in [-0.2, 0) is 11.2 Å². The molecule has 0 aliphatic carbocycles. The third kappa shape index (κ3) is 4.37. The second kappa shape index (κ2) is 7.81. The first kappa shape index (κ1) is 17.0. The topological polar surface area (TPSA) is 58.6 Å². The molecular formula is C21H21NO3. The molecule has 0 saturated carbocycles. The summed E-state index contributed by atoms with van der Waals surface area (Å²) >= 11 is 0. The number of carbonyl (C=O) groups excluding carboxylic acids is 1. The fraction of sp³-hybridized carbons (Fsp3) is 0.190. The number of methoxy groups -OCH3 is 1. The maximum absolute atomic E-state index is 12.2. The number of carbonyl (C=O) groups is 1. The minimum atomic E-state index is -0.768. The highest BCUT2D eigenvalue weighted by atomic mass is 16.5. The first-order chi connectivity index (χ1) is 12.2. The number of fused-ring (bicyclic) bond motifs is 1. The Labute approximate surface area is 147 Å². The molecule has 0 heterocycles. The maximum Gasteiger partial charge on any atom is 0.224 e. The Morgan fingerprint density at radius 2 is 1.84 bits per heavy atom. The second-order valence-electron chi connectivity index (χ2n) is 5.95. The molecule has 0 saturated heterocycles. The van der Waals surface area contributed by atoms with Crippen LogP contribution < -0.4 is 10.1 Å². The quantitative estimate of drug-likeness (QED) is 0.727. The van der Waals surface area contributed by atoms with Gasteiger partial charge in [-0.1, -0.05) is 54.6 Å². The van der Waals surface area contributed by atoms with Gasteiger partial charge in [-0.05, 0) is 34.0 Å². The van der Waals surface area contributed by atoms with Crippen LogP contribution in [0.1, 0.15) is 17.2 Å². The van der Waals surface area contributed by atoms with Gasteiger partial charge >= 0.3 is 0 Å². The van der Waals surface area contributed by atoms with Gasteiger partial charge in [-0.2, -0.15) is 0 Å². The third-order valence-electron chi connectivity index (χ3n) is 4.15. The van der Waals surface area contributed by atoms with Crippen molar-refractivity contribution in [2.75, 3.05) is 13.7 Å². The summed E-state index contributed by atoms with van der Waals surface area (Å²) in [6, 6.07) is 21.3. The first-order valence-corrected chi connectivity index (χ1v) is 8.22. The summed E-state index contributed by atoms with van der Waals surface area (Å²) in [4.78, 5) is 12.2. The predicted molar refractivity (Wildman–Crippen MR) is 98.6 cm³/mol. The van der Waals surface area contributed by atoms with E-state index >= 15 is 0 Å². The normalized spacial score (nSPS) is 11.9. The van der Waals surface area contributed by atoms with E-state index in [0.717, 1.165) is 16.3 Å². The average Bonchev–Trinajstić information content (AvgIpc) is 2.66. The summed E-state index contributed by atoms with van der Waals surface area (Å²) in [6.45, 7) is 0.166. The maximum atomic E-state index is 12.2. The summed E-state index contributed by atoms with van der Waals surface area (Å²) in [7, 11) is 1.58. The smallest absolute Gasteiger partial charge is 0.224 e. The Bertz CT molecular complexity index is 876. The van der Waals surface area contributed by atoms with Gasteiger partial charge in [0.25, 0.3) is 0 Å². The van der Waals surface area contributed by atoms with Crippen molar-refractivity contribution in [3.63, 3.8) is 0 Å². The largest absolute Gasteiger partial charge is 0.497 e. The zero-order chi connectivity index (χ0) is 17.6. The number of hydrogen-bond acceptors (Lipinski definition) is 3. The number of aliphatic hydroxyl groups is 1. The van der Waals surface area contributed by atoms with Gasteiger partial charge in [-0.3, -0.25) is 4.79 Å². The van der Waals surface area contributed by atoms with E-state index < -0.39 is 6.10 Å². The van der Waals surface area contributed by atoms with Crippen LogP contribution in [0.15, 0.2) is 66.7 Å². The summed E-state index contributed by atoms with van der Waals surface area (Å²) in [6.07, 6.45) is -0.481. The van der Waals surface area contributed by atoms with Gasteiger partial charge in [0.15, 0.2) is 0 Å². The molecule has 0 aliphatic rings. The summed E-state index contributed by atoms with van der Waals surface area (Å²) in [5.41, 5.74) is 1.66. The molecule has 0 spiro atoms. The molecule has 0 fully saturated rings. The van der Waals surface area contributed by atoms with Crippen LogP contribution in [0.3, 0.4) is 0 Å². The van der Waals surface area contributed by atoms with Gasteiger partial charge in [0.1, 0.15) is 5.75 Å². The van der Waals surface area contributed by atoms with E-state index in [2.05, 4.69) is 5.32 Å². The van der Waals surface area contributed by atoms with Crippen LogP contribution in [0.2, 0.25) is 0 Å². The van der Waals surface area contributed by atoms with Crippen LogP contribution in [-0.4, -0.2) is 24.7 Å². The average molecular weight is 335 g/mol. The molecule has 1 amide bonds. The Balaban J connectivity index is 1.58. The number of aliphatic hydroxyl groups excluding tert-OH is 1. The third-order valence-corrected chi connectivity index (χ3v) is 4.15. The van der Waals surface area contributed by atoms with E-state index in [-0.39, 0.29) is 18.9 Å². The zero-order valence-electron chi connectivity index (χ0n) is 14.1. The lowest BCUT2D eigenvalue weighted by Crippen LogP contribution is -2.29. The molecule has 1 atom stereocenters. The minimum Gasteiger partial charge on any atom is -0.497 e. The Hall–Kier alpha value is -2.85. The Morgan fingerprint density at radius 1 is 1.04 bits per heavy atom. The molecule has 2 N–H and O–H groups in total. The van der Waals surface area contributed by atoms with Crippen molar-refractivity contribution in [3.8, 4) is 5.75 Å². The molecule has 0 bridgehead atoms. The van der Waals surface area contributed by atoms with Crippen molar-refractivity contribution < 1.29 is 14.6 Å². The van der Waals surface area contributed by atoms with Crippen molar-refractivity contribution in [1.29, 1.82) is 0 Å². The molecule has 128 valence electrons. The van der Waals surface area contributed by atoms with Crippen LogP contribution in [0, 0.1) is 0 Å². The van der Waals surface area contributed by atoms with Crippen molar-refractivity contribution in [3.05, 3.63) is 77.9 Å². The Morgan fingerprint density at radius 3 is 2.64 bits per heavy atom. The SMILES string of the molecule is COc1cccc(C(O)CNC(=O)Cc2ccc3ccccc3c2)c1. The lowest BCUT2D eigenvalue weighted by atomic mass is 10.0. The molecule has 0 aliphatic heterocycles. The second-order valence-corrected chi connectivity index (χ2v) is 5.95. The molecule has 4 heteroatoms. The highest BCUT2D eigenvalue weighted by Crippen LogP contribution is 2.19. The monoisotopic (exact) mass is 335 g/mol. The lowest BCUT2D eigenvalue weighted by Gasteiger charge is -2.13. The van der Waals surface area contributed by atoms with Crippen LogP contribution in [0.5, 0.6) is 5.75 Å². The fourth-order valence-electron chi connectivity index (χ4n) is 2.77. The highest BCUT2D eigenvalue weighted by molar-refractivity contribution is 5.85. The molecule has 3 aromatic carbocycles. The van der Waals surface area contributed by atoms with E-state index in [1.807, 2.05) is 60.7 Å². The number of ether oxygens (including phenoxy) is 1. The predicted octanol–water partition coefficient (Wildman–Crippen LogP) is 3.24. The summed E-state index contributed by atoms with van der Waals surface area (Å²) in [5.74, 6) is 0.566. The van der Waals surface area contributed by atoms with Gasteiger partial charge in [-0.25, -0.2) is 0 Å². The van der Waals surface area contributed by atoms with E-state index in [1.54, 1.807) is 13.2 Å². The molecule has 3 rings (SSSR count). The number of rotatable bonds is 6. The molecular weight excluding hydrogens is 314 g/mol. The number of benzene rings is 3. The standard InChI is InChI=1S/C21H21NO3/c1-25-19-8-4-7-18(13-19)20(23)14-22-21(24)12-15-9-10-16-5-2-3-6-17(16)11-15/h2-11,13,20,23H,12,14H2,1H3,(H,22,24). The van der Waals surface area contributed by atoms with Gasteiger partial charge in [0.2, 0.25) is 5.91 Å². The summed E-state index contributed by atoms with van der Waals surface area (Å²) in [5, 5.41) is 15.3. The van der Waals surface area contributed by atoms with E-state index in [9.17, 15) is 9.90 Å². The molecule has 0 aromatic heterocycles. The number of amides is 1. The van der Waals surface area contributed by atoms with Crippen LogP contribution in [0.25, 0.3) is 10.8 Å². The number of nitrogens with one attached hydrogen (secondary N) is 1. The molecule has 0 radical (unpaired) electrons. The van der Waals surface area contributed by atoms with Crippen LogP contribution in [0.4, 0.5) is 0 Å². The zero-order valence-corrected chi connectivity index (χ0v) is 14.1. The minimum absolute atomic E-state index is 0.114. The number of hydrogen-bond donors (Lipinski definition) is 2. The molecule has 3 aromatic rings. The van der Waals surface area contributed by atoms with Crippen molar-refractivity contribution in [2.24, 2.45) is 0 Å². The summed E-state index contributed by atoms with van der Waals surface area (Å²) < 4.78 is 5.15. The lowest BCUT2D eigenvalue weighted by molar-refractivity contribution is -0.120. The molecule has 4 nitrogen and oxygen atoms in total. The Kier molecular flexibility index (Phi) is 5.31. The van der Waals surface area contributed by atoms with E-state index in [4.69, 9.17) is 4.74 Å². The highest BCUT2D eigenvalue weighted by Gasteiger charge is 2.11. The van der Waals surface area contributed by atoms with E-state index in [0.29, 0.717) is 11.3 Å².